The maximum Gasteiger partial charge on any atom is 0.0921 e. The zero-order valence-corrected chi connectivity index (χ0v) is 8.03. The van der Waals surface area contributed by atoms with Crippen molar-refractivity contribution >= 4 is 0 Å². The second-order valence-corrected chi connectivity index (χ2v) is 4.08. The second kappa shape index (κ2) is 3.15. The second-order valence-electron chi connectivity index (χ2n) is 4.08. The Bertz CT molecular complexity index is 280. The first-order valence-electron chi connectivity index (χ1n) is 5.01. The van der Waals surface area contributed by atoms with Gasteiger partial charge in [-0.3, -0.25) is 0 Å². The van der Waals surface area contributed by atoms with Gasteiger partial charge in [-0.15, -0.1) is 0 Å². The van der Waals surface area contributed by atoms with E-state index in [1.807, 2.05) is 30.3 Å². The molecular formula is C12H16O. The van der Waals surface area contributed by atoms with Crippen molar-refractivity contribution in [2.24, 2.45) is 5.92 Å². The predicted molar refractivity (Wildman–Crippen MR) is 53.4 cm³/mol. The van der Waals surface area contributed by atoms with Crippen LogP contribution in [0.5, 0.6) is 0 Å². The Morgan fingerprint density at radius 1 is 1.31 bits per heavy atom. The first-order chi connectivity index (χ1) is 6.23. The molecule has 1 aliphatic rings. The van der Waals surface area contributed by atoms with Gasteiger partial charge in [0.2, 0.25) is 0 Å². The van der Waals surface area contributed by atoms with Gasteiger partial charge in [0.05, 0.1) is 5.60 Å². The maximum atomic E-state index is 10.4. The van der Waals surface area contributed by atoms with Crippen LogP contribution in [0.2, 0.25) is 0 Å². The molecule has 0 heterocycles. The number of aliphatic hydroxyl groups is 1. The number of hydrogen-bond donors (Lipinski definition) is 1. The fourth-order valence-corrected chi connectivity index (χ4v) is 2.32. The molecule has 1 heteroatoms. The third kappa shape index (κ3) is 1.37. The largest absolute Gasteiger partial charge is 0.385 e. The average Bonchev–Trinajstić information content (AvgIpc) is 2.50. The molecule has 2 unspecified atom stereocenters. The monoisotopic (exact) mass is 176 g/mol. The summed E-state index contributed by atoms with van der Waals surface area (Å²) in [5.74, 6) is 0.398. The molecule has 70 valence electrons. The summed E-state index contributed by atoms with van der Waals surface area (Å²) in [5.41, 5.74) is 0.529. The van der Waals surface area contributed by atoms with E-state index in [0.717, 1.165) is 24.8 Å². The van der Waals surface area contributed by atoms with Crippen LogP contribution in [0.25, 0.3) is 0 Å². The third-order valence-electron chi connectivity index (χ3n) is 3.28. The van der Waals surface area contributed by atoms with E-state index in [4.69, 9.17) is 0 Å². The molecule has 13 heavy (non-hydrogen) atoms. The smallest absolute Gasteiger partial charge is 0.0921 e. The highest BCUT2D eigenvalue weighted by Gasteiger charge is 2.39. The summed E-state index contributed by atoms with van der Waals surface area (Å²) < 4.78 is 0. The molecule has 1 saturated carbocycles. The van der Waals surface area contributed by atoms with Crippen LogP contribution in [0.1, 0.15) is 31.7 Å². The summed E-state index contributed by atoms with van der Waals surface area (Å²) in [6.07, 6.45) is 3.20. The average molecular weight is 176 g/mol. The molecule has 1 N–H and O–H groups in total. The molecule has 2 atom stereocenters. The summed E-state index contributed by atoms with van der Waals surface area (Å²) in [6, 6.07) is 10.0. The molecule has 0 amide bonds. The summed E-state index contributed by atoms with van der Waals surface area (Å²) >= 11 is 0. The van der Waals surface area contributed by atoms with Gasteiger partial charge in [-0.25, -0.2) is 0 Å². The van der Waals surface area contributed by atoms with E-state index < -0.39 is 5.60 Å². The minimum atomic E-state index is -0.554. The van der Waals surface area contributed by atoms with Crippen molar-refractivity contribution in [3.8, 4) is 0 Å². The van der Waals surface area contributed by atoms with E-state index in [9.17, 15) is 5.11 Å². The predicted octanol–water partition coefficient (Wildman–Crippen LogP) is 2.69. The molecule has 0 saturated heterocycles. The molecule has 1 aliphatic carbocycles. The lowest BCUT2D eigenvalue weighted by molar-refractivity contribution is 0.00449. The lowest BCUT2D eigenvalue weighted by Crippen LogP contribution is -2.28. The summed E-state index contributed by atoms with van der Waals surface area (Å²) in [7, 11) is 0. The van der Waals surface area contributed by atoms with Crippen LogP contribution in [-0.2, 0) is 5.60 Å². The number of hydrogen-bond acceptors (Lipinski definition) is 1. The lowest BCUT2D eigenvalue weighted by atomic mass is 9.85. The van der Waals surface area contributed by atoms with Gasteiger partial charge in [-0.1, -0.05) is 37.3 Å². The Labute approximate surface area is 79.4 Å². The van der Waals surface area contributed by atoms with Gasteiger partial charge in [-0.05, 0) is 30.7 Å². The Morgan fingerprint density at radius 3 is 2.54 bits per heavy atom. The molecule has 0 radical (unpaired) electrons. The Hall–Kier alpha value is -0.820. The van der Waals surface area contributed by atoms with E-state index in [1.54, 1.807) is 0 Å². The van der Waals surface area contributed by atoms with Crippen molar-refractivity contribution in [3.63, 3.8) is 0 Å². The molecule has 0 aliphatic heterocycles. The fourth-order valence-electron chi connectivity index (χ4n) is 2.32. The molecule has 0 spiro atoms. The first-order valence-corrected chi connectivity index (χ1v) is 5.01. The van der Waals surface area contributed by atoms with Gasteiger partial charge in [-0.2, -0.15) is 0 Å². The van der Waals surface area contributed by atoms with Crippen LogP contribution in [-0.4, -0.2) is 5.11 Å². The van der Waals surface area contributed by atoms with Crippen LogP contribution in [0.3, 0.4) is 0 Å². The van der Waals surface area contributed by atoms with Gasteiger partial charge in [0.15, 0.2) is 0 Å². The highest BCUT2D eigenvalue weighted by molar-refractivity contribution is 5.24. The quantitative estimate of drug-likeness (QED) is 0.697. The normalized spacial score (nSPS) is 33.5. The van der Waals surface area contributed by atoms with Crippen molar-refractivity contribution < 1.29 is 5.11 Å². The van der Waals surface area contributed by atoms with Crippen LogP contribution in [0, 0.1) is 5.92 Å². The summed E-state index contributed by atoms with van der Waals surface area (Å²) in [5, 5.41) is 10.4. The van der Waals surface area contributed by atoms with Crippen molar-refractivity contribution in [2.75, 3.05) is 0 Å². The van der Waals surface area contributed by atoms with Crippen LogP contribution < -0.4 is 0 Å². The Kier molecular flexibility index (Phi) is 2.12. The highest BCUT2D eigenvalue weighted by Crippen LogP contribution is 2.42. The van der Waals surface area contributed by atoms with Crippen LogP contribution >= 0.6 is 0 Å². The Morgan fingerprint density at radius 2 is 2.00 bits per heavy atom. The van der Waals surface area contributed by atoms with E-state index in [2.05, 4.69) is 6.92 Å². The topological polar surface area (TPSA) is 20.2 Å². The minimum absolute atomic E-state index is 0.398. The standard InChI is InChI=1S/C12H16O/c1-10-6-5-9-12(10,13)11-7-3-2-4-8-11/h2-4,7-8,10,13H,5-6,9H2,1H3. The number of rotatable bonds is 1. The summed E-state index contributed by atoms with van der Waals surface area (Å²) in [6.45, 7) is 2.14. The Balaban J connectivity index is 2.34. The lowest BCUT2D eigenvalue weighted by Gasteiger charge is -2.28. The molecule has 1 fully saturated rings. The van der Waals surface area contributed by atoms with E-state index in [1.165, 1.54) is 0 Å². The summed E-state index contributed by atoms with van der Waals surface area (Å²) in [4.78, 5) is 0. The van der Waals surface area contributed by atoms with Crippen LogP contribution in [0.4, 0.5) is 0 Å². The van der Waals surface area contributed by atoms with Crippen molar-refractivity contribution in [3.05, 3.63) is 35.9 Å². The van der Waals surface area contributed by atoms with Gasteiger partial charge >= 0.3 is 0 Å². The SMILES string of the molecule is CC1CCCC1(O)c1ccccc1. The zero-order chi connectivity index (χ0) is 9.31. The molecule has 0 aromatic heterocycles. The molecule has 1 aromatic rings. The maximum absolute atomic E-state index is 10.4. The molecule has 1 aromatic carbocycles. The van der Waals surface area contributed by atoms with E-state index in [-0.39, 0.29) is 0 Å². The van der Waals surface area contributed by atoms with Crippen LogP contribution in [0.15, 0.2) is 30.3 Å². The van der Waals surface area contributed by atoms with Crippen molar-refractivity contribution in [1.29, 1.82) is 0 Å². The van der Waals surface area contributed by atoms with Crippen molar-refractivity contribution in [2.45, 2.75) is 31.8 Å². The first kappa shape index (κ1) is 8.76. The van der Waals surface area contributed by atoms with Gasteiger partial charge in [0.1, 0.15) is 0 Å². The number of benzene rings is 1. The van der Waals surface area contributed by atoms with Gasteiger partial charge < -0.3 is 5.11 Å². The highest BCUT2D eigenvalue weighted by atomic mass is 16.3. The minimum Gasteiger partial charge on any atom is -0.385 e. The molecule has 0 bridgehead atoms. The van der Waals surface area contributed by atoms with Gasteiger partial charge in [0.25, 0.3) is 0 Å². The van der Waals surface area contributed by atoms with Crippen molar-refractivity contribution in [1.82, 2.24) is 0 Å². The third-order valence-corrected chi connectivity index (χ3v) is 3.28. The zero-order valence-electron chi connectivity index (χ0n) is 8.03. The van der Waals surface area contributed by atoms with E-state index in [0.29, 0.717) is 5.92 Å². The van der Waals surface area contributed by atoms with E-state index >= 15 is 0 Å². The molecule has 1 nitrogen and oxygen atoms in total. The van der Waals surface area contributed by atoms with Gasteiger partial charge in [0, 0.05) is 0 Å². The molecular weight excluding hydrogens is 160 g/mol. The molecule has 2 rings (SSSR count). The fraction of sp³-hybridized carbons (Fsp3) is 0.500.